The van der Waals surface area contributed by atoms with Crippen LogP contribution in [0.1, 0.15) is 38.2 Å². The third-order valence-electron chi connectivity index (χ3n) is 5.92. The zero-order valence-corrected chi connectivity index (χ0v) is 19.5. The molecule has 4 rings (SSSR count). The largest absolute Gasteiger partial charge is 0.497 e. The van der Waals surface area contributed by atoms with Gasteiger partial charge in [0.05, 0.1) is 19.8 Å². The Hall–Kier alpha value is -3.13. The molecule has 8 heteroatoms. The summed E-state index contributed by atoms with van der Waals surface area (Å²) >= 11 is 0. The molecule has 1 atom stereocenters. The molecule has 8 nitrogen and oxygen atoms in total. The molecule has 3 aromatic rings. The van der Waals surface area contributed by atoms with Gasteiger partial charge < -0.3 is 14.4 Å². The van der Waals surface area contributed by atoms with Crippen LogP contribution in [0, 0.1) is 0 Å². The van der Waals surface area contributed by atoms with Gasteiger partial charge in [0.15, 0.2) is 5.82 Å². The van der Waals surface area contributed by atoms with Gasteiger partial charge in [0.2, 0.25) is 0 Å². The van der Waals surface area contributed by atoms with E-state index in [0.717, 1.165) is 49.1 Å². The lowest BCUT2D eigenvalue weighted by molar-refractivity contribution is 0.188. The predicted molar refractivity (Wildman–Crippen MR) is 124 cm³/mol. The maximum absolute atomic E-state index is 5.73. The normalized spacial score (nSPS) is 16.1. The molecule has 170 valence electrons. The molecule has 1 unspecified atom stereocenters. The second kappa shape index (κ2) is 9.16. The number of ether oxygens (including phenoxy) is 2. The summed E-state index contributed by atoms with van der Waals surface area (Å²) in [5, 5.41) is 12.8. The second-order valence-corrected chi connectivity index (χ2v) is 8.99. The van der Waals surface area contributed by atoms with E-state index in [0.29, 0.717) is 0 Å². The molecule has 0 saturated carbocycles. The molecule has 0 amide bonds. The van der Waals surface area contributed by atoms with E-state index in [1.165, 1.54) is 5.69 Å². The molecular formula is C24H32N6O2. The molecule has 2 heterocycles. The Morgan fingerprint density at radius 1 is 0.875 bits per heavy atom. The number of tetrazole rings is 1. The molecule has 1 aliphatic rings. The number of piperazine rings is 1. The van der Waals surface area contributed by atoms with Gasteiger partial charge >= 0.3 is 0 Å². The Morgan fingerprint density at radius 2 is 1.56 bits per heavy atom. The molecule has 1 saturated heterocycles. The van der Waals surface area contributed by atoms with E-state index in [4.69, 9.17) is 9.47 Å². The van der Waals surface area contributed by atoms with Gasteiger partial charge in [0, 0.05) is 37.4 Å². The van der Waals surface area contributed by atoms with Crippen LogP contribution >= 0.6 is 0 Å². The zero-order valence-electron chi connectivity index (χ0n) is 19.5. The van der Waals surface area contributed by atoms with Crippen LogP contribution in [0.3, 0.4) is 0 Å². The molecule has 1 fully saturated rings. The van der Waals surface area contributed by atoms with Gasteiger partial charge in [0.25, 0.3) is 0 Å². The fraction of sp³-hybridized carbons (Fsp3) is 0.458. The van der Waals surface area contributed by atoms with E-state index in [9.17, 15) is 0 Å². The van der Waals surface area contributed by atoms with Crippen LogP contribution in [0.2, 0.25) is 0 Å². The van der Waals surface area contributed by atoms with E-state index in [-0.39, 0.29) is 11.6 Å². The number of hydrogen-bond acceptors (Lipinski definition) is 7. The summed E-state index contributed by atoms with van der Waals surface area (Å²) in [6.07, 6.45) is 0. The Bertz CT molecular complexity index is 1020. The molecule has 1 aromatic heterocycles. The minimum atomic E-state index is -0.232. The molecule has 0 spiro atoms. The minimum absolute atomic E-state index is 0.0987. The molecule has 1 aliphatic heterocycles. The fourth-order valence-electron chi connectivity index (χ4n) is 4.27. The van der Waals surface area contributed by atoms with Crippen molar-refractivity contribution < 1.29 is 9.47 Å². The molecule has 0 bridgehead atoms. The summed E-state index contributed by atoms with van der Waals surface area (Å²) < 4.78 is 13.0. The van der Waals surface area contributed by atoms with Gasteiger partial charge in [-0.1, -0.05) is 18.2 Å². The number of rotatable bonds is 6. The topological polar surface area (TPSA) is 68.5 Å². The lowest BCUT2D eigenvalue weighted by Gasteiger charge is -2.40. The highest BCUT2D eigenvalue weighted by atomic mass is 16.5. The van der Waals surface area contributed by atoms with Crippen molar-refractivity contribution in [2.75, 3.05) is 45.3 Å². The molecule has 0 aliphatic carbocycles. The standard InChI is InChI=1S/C24H32N6O2/c1-24(2,3)30-23(25-26-27-30)22(20-8-6-7-9-21(20)32-5)29-16-14-28(15-17-29)18-10-12-19(31-4)13-11-18/h6-13,22H,14-17H2,1-5H3. The zero-order chi connectivity index (χ0) is 22.7. The number of para-hydroxylation sites is 1. The van der Waals surface area contributed by atoms with Crippen molar-refractivity contribution in [3.8, 4) is 11.5 Å². The smallest absolute Gasteiger partial charge is 0.173 e. The van der Waals surface area contributed by atoms with E-state index < -0.39 is 0 Å². The number of benzene rings is 2. The number of aromatic nitrogens is 4. The SMILES string of the molecule is COc1ccc(N2CCN(C(c3ccccc3OC)c3nnnn3C(C)(C)C)CC2)cc1. The number of hydrogen-bond donors (Lipinski definition) is 0. The van der Waals surface area contributed by atoms with E-state index in [1.807, 2.05) is 35.0 Å². The maximum atomic E-state index is 5.73. The van der Waals surface area contributed by atoms with Crippen molar-refractivity contribution in [2.24, 2.45) is 0 Å². The van der Waals surface area contributed by atoms with Gasteiger partial charge in [0.1, 0.15) is 17.5 Å². The summed E-state index contributed by atoms with van der Waals surface area (Å²) in [7, 11) is 3.40. The third-order valence-corrected chi connectivity index (χ3v) is 5.92. The van der Waals surface area contributed by atoms with Gasteiger partial charge in [-0.05, 0) is 61.5 Å². The highest BCUT2D eigenvalue weighted by molar-refractivity contribution is 5.49. The minimum Gasteiger partial charge on any atom is -0.497 e. The third kappa shape index (κ3) is 4.41. The Morgan fingerprint density at radius 3 is 2.19 bits per heavy atom. The Labute approximate surface area is 189 Å². The summed E-state index contributed by atoms with van der Waals surface area (Å²) in [6.45, 7) is 9.94. The summed E-state index contributed by atoms with van der Waals surface area (Å²) in [5.74, 6) is 2.55. The highest BCUT2D eigenvalue weighted by Crippen LogP contribution is 2.36. The average molecular weight is 437 g/mol. The van der Waals surface area contributed by atoms with Crippen molar-refractivity contribution in [2.45, 2.75) is 32.4 Å². The first-order chi connectivity index (χ1) is 15.4. The first-order valence-corrected chi connectivity index (χ1v) is 11.0. The van der Waals surface area contributed by atoms with Crippen molar-refractivity contribution >= 4 is 5.69 Å². The first-order valence-electron chi connectivity index (χ1n) is 11.0. The average Bonchev–Trinajstić information content (AvgIpc) is 3.30. The van der Waals surface area contributed by atoms with Crippen molar-refractivity contribution in [1.82, 2.24) is 25.1 Å². The van der Waals surface area contributed by atoms with Gasteiger partial charge in [-0.15, -0.1) is 5.10 Å². The van der Waals surface area contributed by atoms with Crippen LogP contribution in [-0.4, -0.2) is 65.5 Å². The predicted octanol–water partition coefficient (Wildman–Crippen LogP) is 3.36. The lowest BCUT2D eigenvalue weighted by atomic mass is 10.0. The van der Waals surface area contributed by atoms with Crippen LogP contribution in [0.25, 0.3) is 0 Å². The monoisotopic (exact) mass is 436 g/mol. The summed E-state index contributed by atoms with van der Waals surface area (Å²) in [4.78, 5) is 4.85. The van der Waals surface area contributed by atoms with Crippen molar-refractivity contribution in [3.63, 3.8) is 0 Å². The molecule has 32 heavy (non-hydrogen) atoms. The highest BCUT2D eigenvalue weighted by Gasteiger charge is 2.34. The van der Waals surface area contributed by atoms with Gasteiger partial charge in [-0.3, -0.25) is 4.90 Å². The second-order valence-electron chi connectivity index (χ2n) is 8.99. The van der Waals surface area contributed by atoms with Gasteiger partial charge in [-0.25, -0.2) is 4.68 Å². The van der Waals surface area contributed by atoms with Crippen LogP contribution in [0.4, 0.5) is 5.69 Å². The van der Waals surface area contributed by atoms with E-state index >= 15 is 0 Å². The van der Waals surface area contributed by atoms with Crippen LogP contribution in [-0.2, 0) is 5.54 Å². The number of nitrogens with zero attached hydrogens (tertiary/aromatic N) is 6. The van der Waals surface area contributed by atoms with Crippen LogP contribution in [0.5, 0.6) is 11.5 Å². The van der Waals surface area contributed by atoms with Gasteiger partial charge in [-0.2, -0.15) is 0 Å². The number of methoxy groups -OCH3 is 2. The summed E-state index contributed by atoms with van der Waals surface area (Å²) in [6, 6.07) is 16.3. The Kier molecular flexibility index (Phi) is 6.32. The van der Waals surface area contributed by atoms with Crippen molar-refractivity contribution in [1.29, 1.82) is 0 Å². The fourth-order valence-corrected chi connectivity index (χ4v) is 4.27. The van der Waals surface area contributed by atoms with E-state index in [2.05, 4.69) is 64.3 Å². The van der Waals surface area contributed by atoms with E-state index in [1.54, 1.807) is 14.2 Å². The number of anilines is 1. The van der Waals surface area contributed by atoms with Crippen LogP contribution < -0.4 is 14.4 Å². The summed E-state index contributed by atoms with van der Waals surface area (Å²) in [5.41, 5.74) is 2.05. The lowest BCUT2D eigenvalue weighted by Crippen LogP contribution is -2.48. The molecule has 0 N–H and O–H groups in total. The first kappa shape index (κ1) is 22.1. The molecule has 2 aromatic carbocycles. The maximum Gasteiger partial charge on any atom is 0.173 e. The molecule has 0 radical (unpaired) electrons. The molecular weight excluding hydrogens is 404 g/mol. The Balaban J connectivity index is 1.64. The van der Waals surface area contributed by atoms with Crippen molar-refractivity contribution in [3.05, 3.63) is 59.9 Å². The van der Waals surface area contributed by atoms with Crippen LogP contribution in [0.15, 0.2) is 48.5 Å². The quantitative estimate of drug-likeness (QED) is 0.587.